The zero-order chi connectivity index (χ0) is 14.1. The second-order valence-corrected chi connectivity index (χ2v) is 5.70. The van der Waals surface area contributed by atoms with Gasteiger partial charge in [0.15, 0.2) is 5.76 Å². The number of ketones is 1. The van der Waals surface area contributed by atoms with Gasteiger partial charge in [-0.3, -0.25) is 4.79 Å². The van der Waals surface area contributed by atoms with Crippen LogP contribution in [0.3, 0.4) is 0 Å². The highest BCUT2D eigenvalue weighted by Gasteiger charge is 2.27. The number of ether oxygens (including phenoxy) is 1. The average Bonchev–Trinajstić information content (AvgIpc) is 2.76. The number of carbonyl (C=O) groups excluding carboxylic acids is 1. The minimum atomic E-state index is -0.0591. The van der Waals surface area contributed by atoms with Crippen LogP contribution in [0.5, 0.6) is 5.75 Å². The van der Waals surface area contributed by atoms with Gasteiger partial charge in [0.25, 0.3) is 0 Å². The Kier molecular flexibility index (Phi) is 3.48. The monoisotopic (exact) mass is 377 g/mol. The molecule has 1 aliphatic heterocycles. The molecule has 0 bridgehead atoms. The van der Waals surface area contributed by atoms with Crippen molar-refractivity contribution in [3.63, 3.8) is 0 Å². The van der Waals surface area contributed by atoms with Crippen LogP contribution >= 0.6 is 22.6 Å². The van der Waals surface area contributed by atoms with Crippen molar-refractivity contribution in [1.82, 2.24) is 0 Å². The summed E-state index contributed by atoms with van der Waals surface area (Å²) in [4.78, 5) is 12.3. The predicted molar refractivity (Wildman–Crippen MR) is 88.1 cm³/mol. The van der Waals surface area contributed by atoms with Crippen LogP contribution in [-0.4, -0.2) is 12.8 Å². The molecule has 1 N–H and O–H groups in total. The normalized spacial score (nSPS) is 15.1. The maximum atomic E-state index is 12.3. The fourth-order valence-corrected chi connectivity index (χ4v) is 2.55. The van der Waals surface area contributed by atoms with Gasteiger partial charge in [0, 0.05) is 16.3 Å². The highest BCUT2D eigenvalue weighted by atomic mass is 127. The Morgan fingerprint density at radius 2 is 1.90 bits per heavy atom. The van der Waals surface area contributed by atoms with Crippen LogP contribution in [-0.2, 0) is 0 Å². The summed E-state index contributed by atoms with van der Waals surface area (Å²) < 4.78 is 6.65. The van der Waals surface area contributed by atoms with Crippen LogP contribution < -0.4 is 10.1 Å². The summed E-state index contributed by atoms with van der Waals surface area (Å²) in [5.41, 5.74) is 2.61. The number of benzene rings is 2. The molecule has 0 radical (unpaired) electrons. The van der Waals surface area contributed by atoms with E-state index in [0.717, 1.165) is 14.8 Å². The number of allylic oxidation sites excluding steroid dienone is 1. The van der Waals surface area contributed by atoms with E-state index in [9.17, 15) is 4.79 Å². The number of carbonyl (C=O) groups is 1. The Balaban J connectivity index is 1.92. The largest absolute Gasteiger partial charge is 0.452 e. The Labute approximate surface area is 130 Å². The first kappa shape index (κ1) is 13.2. The molecule has 0 aliphatic carbocycles. The van der Waals surface area contributed by atoms with Gasteiger partial charge in [-0.25, -0.2) is 0 Å². The van der Waals surface area contributed by atoms with Crippen molar-refractivity contribution in [3.05, 3.63) is 62.9 Å². The second kappa shape index (κ2) is 5.28. The summed E-state index contributed by atoms with van der Waals surface area (Å²) in [6, 6.07) is 13.4. The van der Waals surface area contributed by atoms with Crippen LogP contribution in [0.4, 0.5) is 5.69 Å². The summed E-state index contributed by atoms with van der Waals surface area (Å²) >= 11 is 2.19. The van der Waals surface area contributed by atoms with Gasteiger partial charge in [-0.05, 0) is 64.6 Å². The zero-order valence-corrected chi connectivity index (χ0v) is 13.0. The molecule has 1 heterocycles. The third kappa shape index (κ3) is 2.43. The van der Waals surface area contributed by atoms with Gasteiger partial charge in [-0.2, -0.15) is 0 Å². The van der Waals surface area contributed by atoms with Gasteiger partial charge in [-0.1, -0.05) is 12.1 Å². The molecule has 4 heteroatoms. The lowest BCUT2D eigenvalue weighted by Crippen LogP contribution is -1.98. The quantitative estimate of drug-likeness (QED) is 0.636. The van der Waals surface area contributed by atoms with Gasteiger partial charge in [0.2, 0.25) is 5.78 Å². The standard InChI is InChI=1S/C16H12INO2/c1-18-12-5-2-10(3-6-12)8-15-16(19)13-9-11(17)4-7-14(13)20-15/h2-9,18H,1H3. The van der Waals surface area contributed by atoms with Crippen molar-refractivity contribution >= 4 is 40.1 Å². The summed E-state index contributed by atoms with van der Waals surface area (Å²) in [6.07, 6.45) is 1.77. The van der Waals surface area contributed by atoms with Gasteiger partial charge in [-0.15, -0.1) is 0 Å². The van der Waals surface area contributed by atoms with E-state index in [1.165, 1.54) is 0 Å². The van der Waals surface area contributed by atoms with Crippen molar-refractivity contribution in [1.29, 1.82) is 0 Å². The lowest BCUT2D eigenvalue weighted by atomic mass is 10.1. The highest BCUT2D eigenvalue weighted by Crippen LogP contribution is 2.32. The molecule has 0 unspecified atom stereocenters. The molecule has 2 aromatic carbocycles. The van der Waals surface area contributed by atoms with Gasteiger partial charge >= 0.3 is 0 Å². The molecule has 0 amide bonds. The number of fused-ring (bicyclic) bond motifs is 1. The number of halogens is 1. The third-order valence-corrected chi connectivity index (χ3v) is 3.80. The molecule has 0 saturated carbocycles. The molecule has 1 aliphatic rings. The molecule has 0 spiro atoms. The first-order valence-corrected chi connectivity index (χ1v) is 7.27. The first-order valence-electron chi connectivity index (χ1n) is 6.19. The number of hydrogen-bond donors (Lipinski definition) is 1. The molecule has 0 aromatic heterocycles. The minimum absolute atomic E-state index is 0.0591. The van der Waals surface area contributed by atoms with E-state index in [4.69, 9.17) is 4.74 Å². The molecule has 100 valence electrons. The SMILES string of the molecule is CNc1ccc(C=C2Oc3ccc(I)cc3C2=O)cc1. The maximum Gasteiger partial charge on any atom is 0.232 e. The van der Waals surface area contributed by atoms with Crippen LogP contribution in [0.2, 0.25) is 0 Å². The second-order valence-electron chi connectivity index (χ2n) is 4.45. The molecular formula is C16H12INO2. The fraction of sp³-hybridized carbons (Fsp3) is 0.0625. The van der Waals surface area contributed by atoms with E-state index in [-0.39, 0.29) is 5.78 Å². The number of rotatable bonds is 2. The van der Waals surface area contributed by atoms with E-state index in [1.54, 1.807) is 6.08 Å². The molecule has 2 aromatic rings. The molecule has 3 rings (SSSR count). The van der Waals surface area contributed by atoms with E-state index < -0.39 is 0 Å². The van der Waals surface area contributed by atoms with Crippen molar-refractivity contribution < 1.29 is 9.53 Å². The third-order valence-electron chi connectivity index (χ3n) is 3.13. The Morgan fingerprint density at radius 3 is 2.60 bits per heavy atom. The fourth-order valence-electron chi connectivity index (χ4n) is 2.06. The van der Waals surface area contributed by atoms with Gasteiger partial charge in [0.05, 0.1) is 5.56 Å². The van der Waals surface area contributed by atoms with Crippen LogP contribution in [0.1, 0.15) is 15.9 Å². The van der Waals surface area contributed by atoms with Crippen molar-refractivity contribution in [2.75, 3.05) is 12.4 Å². The predicted octanol–water partition coefficient (Wildman–Crippen LogP) is 3.95. The Morgan fingerprint density at radius 1 is 1.15 bits per heavy atom. The number of anilines is 1. The maximum absolute atomic E-state index is 12.3. The molecule has 0 saturated heterocycles. The van der Waals surface area contributed by atoms with Crippen molar-refractivity contribution in [2.24, 2.45) is 0 Å². The lowest BCUT2D eigenvalue weighted by molar-refractivity contribution is 0.101. The molecule has 20 heavy (non-hydrogen) atoms. The zero-order valence-electron chi connectivity index (χ0n) is 10.8. The number of Topliss-reactive ketones (excluding diaryl/α,β-unsaturated/α-hetero) is 1. The summed E-state index contributed by atoms with van der Waals surface area (Å²) in [5, 5.41) is 3.06. The number of nitrogens with one attached hydrogen (secondary N) is 1. The lowest BCUT2D eigenvalue weighted by Gasteiger charge is -2.01. The van der Waals surface area contributed by atoms with E-state index in [0.29, 0.717) is 17.1 Å². The first-order chi connectivity index (χ1) is 9.67. The Bertz CT molecular complexity index is 705. The number of hydrogen-bond acceptors (Lipinski definition) is 3. The summed E-state index contributed by atoms with van der Waals surface area (Å²) in [5.74, 6) is 0.948. The highest BCUT2D eigenvalue weighted by molar-refractivity contribution is 14.1. The molecule has 0 fully saturated rings. The van der Waals surface area contributed by atoms with E-state index >= 15 is 0 Å². The van der Waals surface area contributed by atoms with Crippen molar-refractivity contribution in [3.8, 4) is 5.75 Å². The van der Waals surface area contributed by atoms with Gasteiger partial charge < -0.3 is 10.1 Å². The molecular weight excluding hydrogens is 365 g/mol. The van der Waals surface area contributed by atoms with Crippen LogP contribution in [0.15, 0.2) is 48.2 Å². The average molecular weight is 377 g/mol. The topological polar surface area (TPSA) is 38.3 Å². The Hall–Kier alpha value is -1.82. The van der Waals surface area contributed by atoms with Crippen LogP contribution in [0, 0.1) is 3.57 Å². The van der Waals surface area contributed by atoms with Gasteiger partial charge in [0.1, 0.15) is 5.75 Å². The summed E-state index contributed by atoms with van der Waals surface area (Å²) in [6.45, 7) is 0. The van der Waals surface area contributed by atoms with E-state index in [1.807, 2.05) is 49.5 Å². The van der Waals surface area contributed by atoms with E-state index in [2.05, 4.69) is 27.9 Å². The molecule has 0 atom stereocenters. The van der Waals surface area contributed by atoms with Crippen molar-refractivity contribution in [2.45, 2.75) is 0 Å². The molecule has 3 nitrogen and oxygen atoms in total. The minimum Gasteiger partial charge on any atom is -0.452 e. The van der Waals surface area contributed by atoms with Crippen LogP contribution in [0.25, 0.3) is 6.08 Å². The summed E-state index contributed by atoms with van der Waals surface area (Å²) in [7, 11) is 1.87. The smallest absolute Gasteiger partial charge is 0.232 e.